The lowest BCUT2D eigenvalue weighted by Gasteiger charge is -2.24. The van der Waals surface area contributed by atoms with Gasteiger partial charge in [0.25, 0.3) is 5.69 Å². The summed E-state index contributed by atoms with van der Waals surface area (Å²) in [5, 5.41) is 23.7. The summed E-state index contributed by atoms with van der Waals surface area (Å²) in [5.41, 5.74) is 0.676. The zero-order chi connectivity index (χ0) is 13.8. The van der Waals surface area contributed by atoms with Crippen LogP contribution in [0.4, 0.5) is 11.4 Å². The fraction of sp³-hybridized carbons (Fsp3) is 0.500. The van der Waals surface area contributed by atoms with Gasteiger partial charge < -0.3 is 15.2 Å². The van der Waals surface area contributed by atoms with Gasteiger partial charge in [-0.2, -0.15) is 0 Å². The minimum atomic E-state index is -0.460. The van der Waals surface area contributed by atoms with Crippen molar-refractivity contribution in [2.75, 3.05) is 18.5 Å². The van der Waals surface area contributed by atoms with Crippen LogP contribution in [0.25, 0.3) is 0 Å². The molecule has 1 aliphatic heterocycles. The molecule has 7 heteroatoms. The number of anilines is 1. The summed E-state index contributed by atoms with van der Waals surface area (Å²) >= 11 is 3.22. The van der Waals surface area contributed by atoms with Gasteiger partial charge in [0.05, 0.1) is 17.1 Å². The van der Waals surface area contributed by atoms with Gasteiger partial charge in [-0.25, -0.2) is 0 Å². The highest BCUT2D eigenvalue weighted by Gasteiger charge is 2.24. The first-order chi connectivity index (χ1) is 9.13. The van der Waals surface area contributed by atoms with E-state index in [-0.39, 0.29) is 18.3 Å². The van der Waals surface area contributed by atoms with E-state index in [2.05, 4.69) is 21.2 Å². The van der Waals surface area contributed by atoms with Crippen molar-refractivity contribution in [3.8, 4) is 0 Å². The van der Waals surface area contributed by atoms with Gasteiger partial charge in [0, 0.05) is 23.7 Å². The van der Waals surface area contributed by atoms with Gasteiger partial charge in [0.2, 0.25) is 0 Å². The van der Waals surface area contributed by atoms with Crippen LogP contribution in [0.5, 0.6) is 0 Å². The van der Waals surface area contributed by atoms with Crippen LogP contribution in [0.2, 0.25) is 0 Å². The molecule has 104 valence electrons. The van der Waals surface area contributed by atoms with Crippen LogP contribution in [0.3, 0.4) is 0 Å². The van der Waals surface area contributed by atoms with Crippen LogP contribution in [0, 0.1) is 10.1 Å². The summed E-state index contributed by atoms with van der Waals surface area (Å²) in [6, 6.07) is 3.54. The first-order valence-corrected chi connectivity index (χ1v) is 6.83. The Kier molecular flexibility index (Phi) is 4.73. The predicted molar refractivity (Wildman–Crippen MR) is 74.2 cm³/mol. The van der Waals surface area contributed by atoms with Gasteiger partial charge in [-0.3, -0.25) is 10.1 Å². The van der Waals surface area contributed by atoms with E-state index in [0.717, 1.165) is 12.8 Å². The molecule has 0 atom stereocenters. The Labute approximate surface area is 119 Å². The van der Waals surface area contributed by atoms with Crippen LogP contribution in [0.15, 0.2) is 16.6 Å². The summed E-state index contributed by atoms with van der Waals surface area (Å²) in [7, 11) is 0. The number of hydrogen-bond donors (Lipinski definition) is 2. The fourth-order valence-electron chi connectivity index (χ4n) is 2.15. The molecule has 0 aliphatic carbocycles. The molecule has 2 rings (SSSR count). The molecule has 0 spiro atoms. The molecule has 1 aromatic carbocycles. The average Bonchev–Trinajstić information content (AvgIpc) is 2.41. The topological polar surface area (TPSA) is 84.6 Å². The van der Waals surface area contributed by atoms with Gasteiger partial charge in [0.1, 0.15) is 5.69 Å². The van der Waals surface area contributed by atoms with Gasteiger partial charge >= 0.3 is 0 Å². The van der Waals surface area contributed by atoms with Crippen molar-refractivity contribution in [3.63, 3.8) is 0 Å². The van der Waals surface area contributed by atoms with E-state index in [9.17, 15) is 15.2 Å². The lowest BCUT2D eigenvalue weighted by molar-refractivity contribution is -0.385. The third kappa shape index (κ3) is 3.23. The Morgan fingerprint density at radius 3 is 2.74 bits per heavy atom. The second kappa shape index (κ2) is 6.31. The lowest BCUT2D eigenvalue weighted by atomic mass is 10.1. The van der Waals surface area contributed by atoms with Crippen LogP contribution in [0.1, 0.15) is 18.4 Å². The Hall–Kier alpha value is -1.18. The maximum atomic E-state index is 11.2. The summed E-state index contributed by atoms with van der Waals surface area (Å²) in [4.78, 5) is 10.7. The number of nitrogens with one attached hydrogen (secondary N) is 1. The normalized spacial score (nSPS) is 16.3. The molecular weight excluding hydrogens is 316 g/mol. The highest BCUT2D eigenvalue weighted by molar-refractivity contribution is 9.10. The largest absolute Gasteiger partial charge is 0.391 e. The standard InChI is InChI=1S/C12H15BrN2O4/c13-10-1-2-11(12(15(17)18)9(10)7-16)14-8-3-5-19-6-4-8/h1-2,8,14,16H,3-7H2. The maximum absolute atomic E-state index is 11.2. The van der Waals surface area contributed by atoms with E-state index in [1.54, 1.807) is 12.1 Å². The molecule has 2 N–H and O–H groups in total. The summed E-state index contributed by atoms with van der Waals surface area (Å²) in [6.07, 6.45) is 1.64. The number of ether oxygens (including phenoxy) is 1. The second-order valence-electron chi connectivity index (χ2n) is 4.37. The Balaban J connectivity index is 2.30. The molecule has 1 aliphatic rings. The third-order valence-corrected chi connectivity index (χ3v) is 3.89. The molecule has 1 heterocycles. The molecule has 19 heavy (non-hydrogen) atoms. The van der Waals surface area contributed by atoms with E-state index in [4.69, 9.17) is 4.74 Å². The number of aliphatic hydroxyl groups excluding tert-OH is 1. The van der Waals surface area contributed by atoms with E-state index in [1.165, 1.54) is 0 Å². The number of nitrogens with zero attached hydrogens (tertiary/aromatic N) is 1. The molecule has 0 bridgehead atoms. The van der Waals surface area contributed by atoms with Crippen molar-refractivity contribution in [1.82, 2.24) is 0 Å². The molecule has 0 saturated carbocycles. The van der Waals surface area contributed by atoms with E-state index in [0.29, 0.717) is 28.9 Å². The van der Waals surface area contributed by atoms with Crippen LogP contribution < -0.4 is 5.32 Å². The van der Waals surface area contributed by atoms with Crippen molar-refractivity contribution >= 4 is 27.3 Å². The zero-order valence-corrected chi connectivity index (χ0v) is 11.9. The van der Waals surface area contributed by atoms with Gasteiger partial charge in [-0.05, 0) is 25.0 Å². The Bertz CT molecular complexity index is 475. The number of rotatable bonds is 4. The van der Waals surface area contributed by atoms with E-state index >= 15 is 0 Å². The molecule has 0 radical (unpaired) electrons. The number of nitro groups is 1. The molecule has 1 saturated heterocycles. The van der Waals surface area contributed by atoms with Crippen LogP contribution >= 0.6 is 15.9 Å². The van der Waals surface area contributed by atoms with Crippen LogP contribution in [-0.4, -0.2) is 29.3 Å². The predicted octanol–water partition coefficient (Wildman–Crippen LogP) is 2.44. The highest BCUT2D eigenvalue weighted by atomic mass is 79.9. The molecule has 6 nitrogen and oxygen atoms in total. The average molecular weight is 331 g/mol. The quantitative estimate of drug-likeness (QED) is 0.654. The lowest BCUT2D eigenvalue weighted by Crippen LogP contribution is -2.28. The SMILES string of the molecule is O=[N+]([O-])c1c(NC2CCOCC2)ccc(Br)c1CO. The first kappa shape index (κ1) is 14.2. The van der Waals surface area contributed by atoms with Gasteiger partial charge in [-0.1, -0.05) is 15.9 Å². The molecule has 0 aromatic heterocycles. The van der Waals surface area contributed by atoms with Crippen molar-refractivity contribution in [2.24, 2.45) is 0 Å². The Morgan fingerprint density at radius 2 is 2.16 bits per heavy atom. The minimum absolute atomic E-state index is 0.0663. The number of hydrogen-bond acceptors (Lipinski definition) is 5. The van der Waals surface area contributed by atoms with Crippen molar-refractivity contribution in [1.29, 1.82) is 0 Å². The van der Waals surface area contributed by atoms with Crippen LogP contribution in [-0.2, 0) is 11.3 Å². The molecule has 1 aromatic rings. The first-order valence-electron chi connectivity index (χ1n) is 6.04. The molecule has 1 fully saturated rings. The number of halogens is 1. The van der Waals surface area contributed by atoms with Gasteiger partial charge in [-0.15, -0.1) is 0 Å². The zero-order valence-electron chi connectivity index (χ0n) is 10.3. The molecular formula is C12H15BrN2O4. The molecule has 0 amide bonds. The summed E-state index contributed by atoms with van der Waals surface area (Å²) < 4.78 is 5.80. The number of benzene rings is 1. The highest BCUT2D eigenvalue weighted by Crippen LogP contribution is 2.35. The van der Waals surface area contributed by atoms with E-state index in [1.807, 2.05) is 0 Å². The van der Waals surface area contributed by atoms with Crippen molar-refractivity contribution in [3.05, 3.63) is 32.3 Å². The summed E-state index contributed by atoms with van der Waals surface area (Å²) in [6.45, 7) is 0.948. The molecule has 0 unspecified atom stereocenters. The number of nitro benzene ring substituents is 1. The fourth-order valence-corrected chi connectivity index (χ4v) is 2.59. The van der Waals surface area contributed by atoms with Crippen molar-refractivity contribution < 1.29 is 14.8 Å². The smallest absolute Gasteiger partial charge is 0.298 e. The van der Waals surface area contributed by atoms with Crippen molar-refractivity contribution in [2.45, 2.75) is 25.5 Å². The Morgan fingerprint density at radius 1 is 1.47 bits per heavy atom. The van der Waals surface area contributed by atoms with E-state index < -0.39 is 4.92 Å². The monoisotopic (exact) mass is 330 g/mol. The maximum Gasteiger partial charge on any atom is 0.298 e. The second-order valence-corrected chi connectivity index (χ2v) is 5.22. The number of aliphatic hydroxyl groups is 1. The summed E-state index contributed by atoms with van der Waals surface area (Å²) in [5.74, 6) is 0. The van der Waals surface area contributed by atoms with Gasteiger partial charge in [0.15, 0.2) is 0 Å². The minimum Gasteiger partial charge on any atom is -0.391 e. The third-order valence-electron chi connectivity index (χ3n) is 3.15.